The van der Waals surface area contributed by atoms with Gasteiger partial charge in [-0.25, -0.2) is 4.39 Å². The van der Waals surface area contributed by atoms with E-state index in [4.69, 9.17) is 11.6 Å². The number of likely N-dealkylation sites (tertiary alicyclic amines) is 1. The Morgan fingerprint density at radius 3 is 2.56 bits per heavy atom. The van der Waals surface area contributed by atoms with Gasteiger partial charge in [-0.1, -0.05) is 62.4 Å². The largest absolute Gasteiger partial charge is 0.433 e. The summed E-state index contributed by atoms with van der Waals surface area (Å²) in [4.78, 5) is 74.3. The maximum Gasteiger partial charge on any atom is 0.433 e. The molecule has 0 radical (unpaired) electrons. The topological polar surface area (TPSA) is 153 Å². The van der Waals surface area contributed by atoms with Gasteiger partial charge in [0, 0.05) is 95.4 Å². The second kappa shape index (κ2) is 15.2. The van der Waals surface area contributed by atoms with Gasteiger partial charge in [0.25, 0.3) is 5.91 Å². The van der Waals surface area contributed by atoms with Gasteiger partial charge in [-0.15, -0.1) is 0 Å². The van der Waals surface area contributed by atoms with Crippen molar-refractivity contribution >= 4 is 46.8 Å². The number of nitrogens with one attached hydrogen (secondary N) is 4. The van der Waals surface area contributed by atoms with Gasteiger partial charge >= 0.3 is 6.18 Å². The Kier molecular flexibility index (Phi) is 10.1. The van der Waals surface area contributed by atoms with Crippen molar-refractivity contribution in [1.82, 2.24) is 30.7 Å². The monoisotopic (exact) mass is 953 g/mol. The van der Waals surface area contributed by atoms with Crippen LogP contribution in [0.4, 0.5) is 23.2 Å². The smallest absolute Gasteiger partial charge is 0.384 e. The number of pyridine rings is 1. The molecule has 5 aliphatic heterocycles. The van der Waals surface area contributed by atoms with E-state index in [1.807, 2.05) is 31.7 Å². The van der Waals surface area contributed by atoms with Crippen LogP contribution in [0.5, 0.6) is 0 Å². The highest BCUT2D eigenvalue weighted by atomic mass is 35.5. The van der Waals surface area contributed by atoms with Crippen molar-refractivity contribution in [2.24, 2.45) is 22.2 Å². The first kappa shape index (κ1) is 44.9. The molecule has 356 valence electrons. The summed E-state index contributed by atoms with van der Waals surface area (Å²) in [5.74, 6) is 3.97. The Morgan fingerprint density at radius 2 is 1.82 bits per heavy atom. The summed E-state index contributed by atoms with van der Waals surface area (Å²) in [5.41, 5.74) is -0.870. The van der Waals surface area contributed by atoms with E-state index < -0.39 is 64.0 Å². The lowest BCUT2D eigenvalue weighted by Gasteiger charge is -2.70. The summed E-state index contributed by atoms with van der Waals surface area (Å²) in [6, 6.07) is 8.85. The number of anilines is 1. The van der Waals surface area contributed by atoms with Gasteiger partial charge in [0.15, 0.2) is 0 Å². The van der Waals surface area contributed by atoms with Gasteiger partial charge in [0.2, 0.25) is 23.6 Å². The number of hydrogen-bond acceptors (Lipinski definition) is 8. The van der Waals surface area contributed by atoms with Gasteiger partial charge in [-0.3, -0.25) is 34.3 Å². The fraction of sp³-hybridized carbons (Fsp3) is 0.529. The van der Waals surface area contributed by atoms with Crippen LogP contribution in [0.15, 0.2) is 48.7 Å². The lowest BCUT2D eigenvalue weighted by molar-refractivity contribution is -0.195. The number of rotatable bonds is 6. The number of halogens is 5. The summed E-state index contributed by atoms with van der Waals surface area (Å²) in [6.07, 6.45) is 1.55. The molecule has 2 bridgehead atoms. The third-order valence-corrected chi connectivity index (χ3v) is 16.8. The van der Waals surface area contributed by atoms with Gasteiger partial charge in [-0.2, -0.15) is 13.2 Å². The van der Waals surface area contributed by atoms with Gasteiger partial charge in [0.05, 0.1) is 16.5 Å². The first-order valence-corrected chi connectivity index (χ1v) is 23.9. The van der Waals surface area contributed by atoms with Crippen molar-refractivity contribution in [2.75, 3.05) is 25.0 Å². The van der Waals surface area contributed by atoms with E-state index in [0.29, 0.717) is 49.9 Å². The second-order valence-electron chi connectivity index (χ2n) is 22.1. The van der Waals surface area contributed by atoms with Crippen LogP contribution in [0.2, 0.25) is 5.02 Å². The molecule has 2 aromatic carbocycles. The molecule has 1 aromatic heterocycles. The molecular weight excluding hydrogens is 902 g/mol. The second-order valence-corrected chi connectivity index (χ2v) is 22.5. The molecule has 7 fully saturated rings. The number of imide groups is 1. The fourth-order valence-electron chi connectivity index (χ4n) is 13.4. The SMILES string of the molecule is CC(C)(C)C[C@@H]1N[C@@H](C(=O)NC23CC(C(=O)N4CCC[C@@]5(C[C@@H]5C#Cc5cccc6c5CN(C5CCC(=O)NC5=O)C6=O)C4)(C2)C3)[C@H](c2cccc(Cl)c2F)[C@]12CNc1cc(C(F)(F)F)ncc12. The standard InChI is InChI=1S/C51H52ClF4N7O5/c1-46(2,3)19-37-50(25-58-34-17-36(51(54,55)56)57-20-32(34)50)39(30-9-5-10-33(52)40(30)53)41(59-37)43(66)61-49-22-48(23-49,24-49)45(68)62-16-6-15-47(26-62)18-28(47)12-11-27-7-4-8-29-31(27)21-63(44(29)67)35-13-14-38(64)60-42(35)65/h4-5,7-10,17,20,28,35,37,39,41,58-59H,6,13-16,18-19,21-26H2,1-3H3,(H,61,66)(H,60,64,65)/t28-,35?,37-,39-,41+,47+,48?,49?,50-/m0/s1. The zero-order valence-electron chi connectivity index (χ0n) is 38.0. The number of aromatic nitrogens is 1. The molecule has 4 saturated carbocycles. The van der Waals surface area contributed by atoms with Crippen LogP contribution in [0.1, 0.15) is 123 Å². The Hall–Kier alpha value is -5.53. The summed E-state index contributed by atoms with van der Waals surface area (Å²) in [5, 5.41) is 12.2. The quantitative estimate of drug-likeness (QED) is 0.123. The molecule has 6 heterocycles. The van der Waals surface area contributed by atoms with Crippen molar-refractivity contribution in [2.45, 2.75) is 126 Å². The molecular formula is C51H52ClF4N7O5. The van der Waals surface area contributed by atoms with Gasteiger partial charge in [0.1, 0.15) is 17.6 Å². The maximum absolute atomic E-state index is 16.3. The van der Waals surface area contributed by atoms with Crippen LogP contribution >= 0.6 is 11.6 Å². The Bertz CT molecular complexity index is 2780. The minimum absolute atomic E-state index is 0.0713. The van der Waals surface area contributed by atoms with Gasteiger partial charge < -0.3 is 25.8 Å². The number of benzene rings is 2. The Labute approximate surface area is 396 Å². The molecule has 1 unspecified atom stereocenters. The number of carbonyl (C=O) groups excluding carboxylic acids is 5. The average Bonchev–Trinajstić information content (AvgIpc) is 3.47. The Morgan fingerprint density at radius 1 is 1.06 bits per heavy atom. The number of carbonyl (C=O) groups is 5. The first-order chi connectivity index (χ1) is 32.1. The van der Waals surface area contributed by atoms with E-state index in [9.17, 15) is 37.1 Å². The third kappa shape index (κ3) is 7.03. The molecule has 17 heteroatoms. The van der Waals surface area contributed by atoms with E-state index >= 15 is 4.39 Å². The van der Waals surface area contributed by atoms with E-state index in [-0.39, 0.29) is 82.6 Å². The molecule has 12 nitrogen and oxygen atoms in total. The van der Waals surface area contributed by atoms with E-state index in [1.54, 1.807) is 24.3 Å². The highest BCUT2D eigenvalue weighted by Gasteiger charge is 2.74. The predicted octanol–water partition coefficient (Wildman–Crippen LogP) is 6.60. The normalized spacial score (nSPS) is 33.2. The van der Waals surface area contributed by atoms with Crippen molar-refractivity contribution in [1.29, 1.82) is 0 Å². The molecule has 12 rings (SSSR count). The van der Waals surface area contributed by atoms with E-state index in [1.165, 1.54) is 17.2 Å². The van der Waals surface area contributed by atoms with Crippen LogP contribution in [0, 0.1) is 39.8 Å². The summed E-state index contributed by atoms with van der Waals surface area (Å²) >= 11 is 6.39. The minimum atomic E-state index is -4.68. The summed E-state index contributed by atoms with van der Waals surface area (Å²) in [7, 11) is 0. The first-order valence-electron chi connectivity index (χ1n) is 23.6. The molecule has 3 saturated heterocycles. The molecule has 68 heavy (non-hydrogen) atoms. The highest BCUT2D eigenvalue weighted by Crippen LogP contribution is 2.69. The molecule has 4 aliphatic carbocycles. The molecule has 4 N–H and O–H groups in total. The van der Waals surface area contributed by atoms with Crippen LogP contribution in [0.25, 0.3) is 0 Å². The van der Waals surface area contributed by atoms with Crippen molar-refractivity contribution in [3.05, 3.63) is 93.0 Å². The Balaban J connectivity index is 0.783. The predicted molar refractivity (Wildman–Crippen MR) is 241 cm³/mol. The van der Waals surface area contributed by atoms with Crippen LogP contribution in [0.3, 0.4) is 0 Å². The zero-order chi connectivity index (χ0) is 47.9. The number of fused-ring (bicyclic) bond motifs is 3. The molecule has 9 aliphatic rings. The number of nitrogens with zero attached hydrogens (tertiary/aromatic N) is 3. The molecule has 5 amide bonds. The highest BCUT2D eigenvalue weighted by molar-refractivity contribution is 6.30. The number of hydrogen-bond donors (Lipinski definition) is 4. The lowest BCUT2D eigenvalue weighted by atomic mass is 9.38. The van der Waals surface area contributed by atoms with Crippen molar-refractivity contribution in [3.8, 4) is 11.8 Å². The zero-order valence-corrected chi connectivity index (χ0v) is 38.7. The average molecular weight is 954 g/mol. The van der Waals surface area contributed by atoms with Crippen LogP contribution in [-0.2, 0) is 37.3 Å². The summed E-state index contributed by atoms with van der Waals surface area (Å²) in [6.45, 7) is 7.72. The fourth-order valence-corrected chi connectivity index (χ4v) is 13.5. The lowest BCUT2D eigenvalue weighted by Crippen LogP contribution is -2.79. The van der Waals surface area contributed by atoms with Crippen LogP contribution < -0.4 is 21.3 Å². The van der Waals surface area contributed by atoms with Crippen molar-refractivity contribution in [3.63, 3.8) is 0 Å². The van der Waals surface area contributed by atoms with Gasteiger partial charge in [-0.05, 0) is 92.2 Å². The third-order valence-electron chi connectivity index (χ3n) is 16.5. The molecule has 3 aromatic rings. The molecule has 7 atom stereocenters. The number of amides is 5. The van der Waals surface area contributed by atoms with Crippen LogP contribution in [-0.4, -0.2) is 87.6 Å². The van der Waals surface area contributed by atoms with E-state index in [0.717, 1.165) is 36.5 Å². The van der Waals surface area contributed by atoms with E-state index in [2.05, 4.69) is 38.1 Å². The number of alkyl halides is 3. The van der Waals surface area contributed by atoms with Crippen molar-refractivity contribution < 1.29 is 41.5 Å². The number of piperidine rings is 2. The summed E-state index contributed by atoms with van der Waals surface area (Å²) < 4.78 is 58.0. The minimum Gasteiger partial charge on any atom is -0.384 e. The maximum atomic E-state index is 16.3. The molecule has 2 spiro atoms.